The van der Waals surface area contributed by atoms with Gasteiger partial charge in [-0.25, -0.2) is 4.98 Å². The molecular weight excluding hydrogens is 340 g/mol. The van der Waals surface area contributed by atoms with Gasteiger partial charge in [0.15, 0.2) is 11.9 Å². The normalized spacial score (nSPS) is 14.5. The van der Waals surface area contributed by atoms with Crippen molar-refractivity contribution in [2.45, 2.75) is 39.2 Å². The molecule has 1 heterocycles. The minimum Gasteiger partial charge on any atom is -0.454 e. The molecule has 0 aliphatic rings. The first-order chi connectivity index (χ1) is 13.0. The van der Waals surface area contributed by atoms with Crippen molar-refractivity contribution in [1.82, 2.24) is 9.97 Å². The van der Waals surface area contributed by atoms with Crippen LogP contribution in [0.1, 0.15) is 50.6 Å². The largest absolute Gasteiger partial charge is 0.454 e. The number of para-hydroxylation sites is 1. The van der Waals surface area contributed by atoms with Crippen molar-refractivity contribution < 1.29 is 9.53 Å². The number of hydrogen-bond acceptors (Lipinski definition) is 4. The lowest BCUT2D eigenvalue weighted by molar-refractivity contribution is -0.152. The van der Waals surface area contributed by atoms with Crippen molar-refractivity contribution in [3.05, 3.63) is 76.3 Å². The number of nitrogens with one attached hydrogen (secondary N) is 1. The van der Waals surface area contributed by atoms with Gasteiger partial charge in [0.2, 0.25) is 0 Å². The quantitative estimate of drug-likeness (QED) is 0.660. The molecule has 3 rings (SSSR count). The Kier molecular flexibility index (Phi) is 5.69. The molecule has 3 atom stereocenters. The van der Waals surface area contributed by atoms with E-state index in [0.29, 0.717) is 16.7 Å². The topological polar surface area (TPSA) is 72.0 Å². The molecule has 0 saturated carbocycles. The van der Waals surface area contributed by atoms with Gasteiger partial charge in [-0.05, 0) is 30.5 Å². The lowest BCUT2D eigenvalue weighted by atomic mass is 9.85. The van der Waals surface area contributed by atoms with Crippen LogP contribution in [-0.2, 0) is 9.53 Å². The molecular formula is C22H24N2O3. The van der Waals surface area contributed by atoms with Gasteiger partial charge in [-0.3, -0.25) is 9.59 Å². The Hall–Kier alpha value is -2.95. The van der Waals surface area contributed by atoms with Gasteiger partial charge in [0.1, 0.15) is 0 Å². The second-order valence-electron chi connectivity index (χ2n) is 6.82. The Morgan fingerprint density at radius 2 is 1.74 bits per heavy atom. The number of esters is 1. The summed E-state index contributed by atoms with van der Waals surface area (Å²) in [5.41, 5.74) is 1.28. The van der Waals surface area contributed by atoms with Crippen LogP contribution >= 0.6 is 0 Å². The van der Waals surface area contributed by atoms with Crippen LogP contribution in [0.5, 0.6) is 0 Å². The highest BCUT2D eigenvalue weighted by Gasteiger charge is 2.29. The Morgan fingerprint density at radius 3 is 2.44 bits per heavy atom. The van der Waals surface area contributed by atoms with E-state index in [9.17, 15) is 9.59 Å². The molecule has 3 aromatic rings. The monoisotopic (exact) mass is 364 g/mol. The molecule has 0 spiro atoms. The van der Waals surface area contributed by atoms with E-state index in [1.165, 1.54) is 0 Å². The first-order valence-electron chi connectivity index (χ1n) is 9.25. The van der Waals surface area contributed by atoms with Gasteiger partial charge in [0.05, 0.1) is 16.8 Å². The number of carbonyl (C=O) groups excluding carboxylic acids is 1. The SMILES string of the molecule is CC[C@H](C)[C@@H](C(=O)O[C@@H](C)c1nc2ccccc2c(=O)[nH]1)c1ccccc1. The van der Waals surface area contributed by atoms with Gasteiger partial charge in [0.25, 0.3) is 5.56 Å². The molecule has 0 fully saturated rings. The average molecular weight is 364 g/mol. The molecule has 0 bridgehead atoms. The summed E-state index contributed by atoms with van der Waals surface area (Å²) in [6, 6.07) is 16.8. The van der Waals surface area contributed by atoms with E-state index >= 15 is 0 Å². The maximum absolute atomic E-state index is 12.9. The van der Waals surface area contributed by atoms with Crippen molar-refractivity contribution in [2.75, 3.05) is 0 Å². The zero-order chi connectivity index (χ0) is 19.4. The van der Waals surface area contributed by atoms with Crippen molar-refractivity contribution in [3.63, 3.8) is 0 Å². The molecule has 1 aromatic heterocycles. The Morgan fingerprint density at radius 1 is 1.07 bits per heavy atom. The number of ether oxygens (including phenoxy) is 1. The molecule has 27 heavy (non-hydrogen) atoms. The average Bonchev–Trinajstić information content (AvgIpc) is 2.68. The lowest BCUT2D eigenvalue weighted by Gasteiger charge is -2.24. The zero-order valence-corrected chi connectivity index (χ0v) is 15.8. The lowest BCUT2D eigenvalue weighted by Crippen LogP contribution is -2.24. The number of carbonyl (C=O) groups is 1. The molecule has 0 radical (unpaired) electrons. The highest BCUT2D eigenvalue weighted by atomic mass is 16.5. The van der Waals surface area contributed by atoms with Gasteiger partial charge >= 0.3 is 5.97 Å². The predicted octanol–water partition coefficient (Wildman–Crippen LogP) is 4.36. The number of rotatable bonds is 6. The van der Waals surface area contributed by atoms with E-state index < -0.39 is 6.10 Å². The van der Waals surface area contributed by atoms with Crippen LogP contribution in [0.4, 0.5) is 0 Å². The summed E-state index contributed by atoms with van der Waals surface area (Å²) in [7, 11) is 0. The second kappa shape index (κ2) is 8.16. The minimum absolute atomic E-state index is 0.135. The van der Waals surface area contributed by atoms with Crippen molar-refractivity contribution >= 4 is 16.9 Å². The molecule has 0 aliphatic heterocycles. The molecule has 1 N–H and O–H groups in total. The van der Waals surface area contributed by atoms with Crippen LogP contribution in [0.25, 0.3) is 10.9 Å². The molecule has 0 unspecified atom stereocenters. The Bertz CT molecular complexity index is 982. The molecule has 2 aromatic carbocycles. The molecule has 0 aliphatic carbocycles. The highest BCUT2D eigenvalue weighted by Crippen LogP contribution is 2.30. The number of hydrogen-bond donors (Lipinski definition) is 1. The number of H-pyrrole nitrogens is 1. The third-order valence-corrected chi connectivity index (χ3v) is 4.93. The maximum atomic E-state index is 12.9. The number of aromatic amines is 1. The van der Waals surface area contributed by atoms with Crippen LogP contribution in [0.3, 0.4) is 0 Å². The maximum Gasteiger partial charge on any atom is 0.314 e. The van der Waals surface area contributed by atoms with E-state index in [1.807, 2.05) is 43.3 Å². The number of aromatic nitrogens is 2. The third kappa shape index (κ3) is 4.08. The summed E-state index contributed by atoms with van der Waals surface area (Å²) >= 11 is 0. The predicted molar refractivity (Wildman–Crippen MR) is 106 cm³/mol. The zero-order valence-electron chi connectivity index (χ0n) is 15.8. The highest BCUT2D eigenvalue weighted by molar-refractivity contribution is 5.79. The van der Waals surface area contributed by atoms with Crippen LogP contribution < -0.4 is 5.56 Å². The number of benzene rings is 2. The number of nitrogens with zero attached hydrogens (tertiary/aromatic N) is 1. The third-order valence-electron chi connectivity index (χ3n) is 4.93. The van der Waals surface area contributed by atoms with Crippen LogP contribution in [-0.4, -0.2) is 15.9 Å². The van der Waals surface area contributed by atoms with Crippen molar-refractivity contribution in [1.29, 1.82) is 0 Å². The van der Waals surface area contributed by atoms with Crippen molar-refractivity contribution in [2.24, 2.45) is 5.92 Å². The van der Waals surface area contributed by atoms with E-state index in [1.54, 1.807) is 25.1 Å². The van der Waals surface area contributed by atoms with Crippen LogP contribution in [0, 0.1) is 5.92 Å². The molecule has 140 valence electrons. The van der Waals surface area contributed by atoms with Crippen LogP contribution in [0.15, 0.2) is 59.4 Å². The van der Waals surface area contributed by atoms with Crippen LogP contribution in [0.2, 0.25) is 0 Å². The smallest absolute Gasteiger partial charge is 0.314 e. The fourth-order valence-corrected chi connectivity index (χ4v) is 3.19. The summed E-state index contributed by atoms with van der Waals surface area (Å²) in [6.45, 7) is 5.82. The summed E-state index contributed by atoms with van der Waals surface area (Å²) in [6.07, 6.45) is 0.207. The molecule has 5 heteroatoms. The van der Waals surface area contributed by atoms with Gasteiger partial charge in [-0.2, -0.15) is 0 Å². The van der Waals surface area contributed by atoms with E-state index in [4.69, 9.17) is 4.74 Å². The molecule has 0 saturated heterocycles. The summed E-state index contributed by atoms with van der Waals surface area (Å²) < 4.78 is 5.71. The second-order valence-corrected chi connectivity index (χ2v) is 6.82. The fraction of sp³-hybridized carbons (Fsp3) is 0.318. The van der Waals surface area contributed by atoms with Gasteiger partial charge < -0.3 is 9.72 Å². The molecule has 0 amide bonds. The van der Waals surface area contributed by atoms with Gasteiger partial charge in [-0.1, -0.05) is 62.7 Å². The Labute approximate surface area is 158 Å². The fourth-order valence-electron chi connectivity index (χ4n) is 3.19. The Balaban J connectivity index is 1.86. The van der Waals surface area contributed by atoms with E-state index in [0.717, 1.165) is 12.0 Å². The van der Waals surface area contributed by atoms with Gasteiger partial charge in [-0.15, -0.1) is 0 Å². The van der Waals surface area contributed by atoms with E-state index in [-0.39, 0.29) is 23.4 Å². The summed E-state index contributed by atoms with van der Waals surface area (Å²) in [4.78, 5) is 32.4. The summed E-state index contributed by atoms with van der Waals surface area (Å²) in [5, 5.41) is 0.515. The minimum atomic E-state index is -0.648. The summed E-state index contributed by atoms with van der Waals surface area (Å²) in [5.74, 6) is -0.177. The molecule has 5 nitrogen and oxygen atoms in total. The van der Waals surface area contributed by atoms with Gasteiger partial charge in [0, 0.05) is 0 Å². The first kappa shape index (κ1) is 18.8. The van der Waals surface area contributed by atoms with E-state index in [2.05, 4.69) is 16.9 Å². The van der Waals surface area contributed by atoms with Crippen molar-refractivity contribution in [3.8, 4) is 0 Å². The number of fused-ring (bicyclic) bond motifs is 1. The standard InChI is InChI=1S/C22H24N2O3/c1-4-14(2)19(16-10-6-5-7-11-16)22(26)27-15(3)20-23-18-13-9-8-12-17(18)21(25)24-20/h5-15,19H,4H2,1-3H3,(H,23,24,25)/t14-,15-,19+/m0/s1. The first-order valence-corrected chi connectivity index (χ1v) is 9.25.